The molecule has 168 valence electrons. The lowest BCUT2D eigenvalue weighted by atomic mass is 10.1. The minimum absolute atomic E-state index is 0.289. The lowest BCUT2D eigenvalue weighted by Crippen LogP contribution is -2.13. The van der Waals surface area contributed by atoms with Gasteiger partial charge in [0.1, 0.15) is 17.3 Å². The second kappa shape index (κ2) is 9.16. The largest absolute Gasteiger partial charge is 0.497 e. The van der Waals surface area contributed by atoms with E-state index in [9.17, 15) is 4.79 Å². The molecule has 33 heavy (non-hydrogen) atoms. The number of nitrogens with zero attached hydrogens (tertiary/aromatic N) is 3. The van der Waals surface area contributed by atoms with Crippen molar-refractivity contribution in [1.29, 1.82) is 0 Å². The zero-order valence-corrected chi connectivity index (χ0v) is 19.3. The van der Waals surface area contributed by atoms with Crippen LogP contribution in [-0.4, -0.2) is 34.9 Å². The molecular formula is C26H26N4O3. The molecule has 7 heteroatoms. The van der Waals surface area contributed by atoms with E-state index in [1.165, 1.54) is 6.08 Å². The third-order valence-electron chi connectivity index (χ3n) is 5.39. The summed E-state index contributed by atoms with van der Waals surface area (Å²) in [7, 11) is 3.17. The average Bonchev–Trinajstić information content (AvgIpc) is 3.17. The molecular weight excluding hydrogens is 416 g/mol. The number of hydrogen-bond donors (Lipinski definition) is 1. The standard InChI is InChI=1S/C26H26N4O3/c1-16-7-6-8-21-17(2)13-23(28-26(16)21)30-24(14-18(3)29-30)27-25(31)12-10-19-9-11-20(32-4)15-22(19)33-5/h6-15H,1-5H3,(H,27,31)/b12-10+. The molecule has 0 spiro atoms. The van der Waals surface area contributed by atoms with Gasteiger partial charge in [0.25, 0.3) is 0 Å². The van der Waals surface area contributed by atoms with Crippen LogP contribution >= 0.6 is 0 Å². The summed E-state index contributed by atoms with van der Waals surface area (Å²) in [6.07, 6.45) is 3.16. The Morgan fingerprint density at radius 1 is 1.00 bits per heavy atom. The van der Waals surface area contributed by atoms with Crippen molar-refractivity contribution in [2.75, 3.05) is 19.5 Å². The Hall–Kier alpha value is -4.13. The Morgan fingerprint density at radius 3 is 2.58 bits per heavy atom. The van der Waals surface area contributed by atoms with E-state index in [0.717, 1.165) is 33.3 Å². The third-order valence-corrected chi connectivity index (χ3v) is 5.39. The van der Waals surface area contributed by atoms with Crippen LogP contribution in [0.4, 0.5) is 5.82 Å². The summed E-state index contributed by atoms with van der Waals surface area (Å²) in [4.78, 5) is 17.5. The van der Waals surface area contributed by atoms with Crippen LogP contribution in [-0.2, 0) is 4.79 Å². The maximum atomic E-state index is 12.7. The summed E-state index contributed by atoms with van der Waals surface area (Å²) >= 11 is 0. The fraction of sp³-hybridized carbons (Fsp3) is 0.192. The van der Waals surface area contributed by atoms with Crippen LogP contribution in [0.5, 0.6) is 11.5 Å². The van der Waals surface area contributed by atoms with E-state index in [2.05, 4.69) is 16.5 Å². The van der Waals surface area contributed by atoms with Gasteiger partial charge in [-0.1, -0.05) is 18.2 Å². The van der Waals surface area contributed by atoms with E-state index in [-0.39, 0.29) is 5.91 Å². The van der Waals surface area contributed by atoms with Gasteiger partial charge in [-0.25, -0.2) is 4.98 Å². The Kier molecular flexibility index (Phi) is 6.13. The van der Waals surface area contributed by atoms with Crippen LogP contribution < -0.4 is 14.8 Å². The molecule has 2 aromatic carbocycles. The molecule has 2 heterocycles. The number of fused-ring (bicyclic) bond motifs is 1. The van der Waals surface area contributed by atoms with Crippen molar-refractivity contribution >= 4 is 28.7 Å². The SMILES string of the molecule is COc1ccc(/C=C/C(=O)Nc2cc(C)nn2-c2cc(C)c3cccc(C)c3n2)c(OC)c1. The number of methoxy groups -OCH3 is 2. The molecule has 0 bridgehead atoms. The number of rotatable bonds is 6. The summed E-state index contributed by atoms with van der Waals surface area (Å²) in [5.74, 6) is 2.21. The molecule has 2 aromatic heterocycles. The fourth-order valence-electron chi connectivity index (χ4n) is 3.70. The summed E-state index contributed by atoms with van der Waals surface area (Å²) in [6.45, 7) is 5.96. The second-order valence-electron chi connectivity index (χ2n) is 7.78. The van der Waals surface area contributed by atoms with Gasteiger partial charge in [0.2, 0.25) is 5.91 Å². The average molecular weight is 443 g/mol. The summed E-state index contributed by atoms with van der Waals surface area (Å²) < 4.78 is 12.3. The normalized spacial score (nSPS) is 11.2. The van der Waals surface area contributed by atoms with Gasteiger partial charge >= 0.3 is 0 Å². The van der Waals surface area contributed by atoms with Crippen molar-refractivity contribution in [3.05, 3.63) is 77.0 Å². The van der Waals surface area contributed by atoms with E-state index < -0.39 is 0 Å². The van der Waals surface area contributed by atoms with Crippen molar-refractivity contribution in [1.82, 2.24) is 14.8 Å². The van der Waals surface area contributed by atoms with E-state index in [1.807, 2.05) is 57.2 Å². The van der Waals surface area contributed by atoms with E-state index >= 15 is 0 Å². The highest BCUT2D eigenvalue weighted by Gasteiger charge is 2.13. The first-order valence-electron chi connectivity index (χ1n) is 10.5. The number of anilines is 1. The van der Waals surface area contributed by atoms with Crippen LogP contribution in [0.2, 0.25) is 0 Å². The predicted molar refractivity (Wildman–Crippen MR) is 130 cm³/mol. The van der Waals surface area contributed by atoms with Crippen molar-refractivity contribution in [2.24, 2.45) is 0 Å². The third kappa shape index (κ3) is 4.57. The number of nitrogens with one attached hydrogen (secondary N) is 1. The van der Waals surface area contributed by atoms with Crippen LogP contribution in [0.1, 0.15) is 22.4 Å². The quantitative estimate of drug-likeness (QED) is 0.425. The highest BCUT2D eigenvalue weighted by Crippen LogP contribution is 2.26. The maximum Gasteiger partial charge on any atom is 0.249 e. The molecule has 1 amide bonds. The number of aromatic nitrogens is 3. The number of hydrogen-bond acceptors (Lipinski definition) is 5. The molecule has 0 atom stereocenters. The number of para-hydroxylation sites is 1. The number of carbonyl (C=O) groups is 1. The van der Waals surface area contributed by atoms with Crippen molar-refractivity contribution in [3.63, 3.8) is 0 Å². The highest BCUT2D eigenvalue weighted by molar-refractivity contribution is 6.01. The zero-order chi connectivity index (χ0) is 23.5. The first kappa shape index (κ1) is 22.1. The van der Waals surface area contributed by atoms with Gasteiger partial charge in [0, 0.05) is 29.2 Å². The molecule has 0 saturated carbocycles. The monoisotopic (exact) mass is 442 g/mol. The predicted octanol–water partition coefficient (Wildman–Crippen LogP) is 5.01. The number of ether oxygens (including phenoxy) is 2. The van der Waals surface area contributed by atoms with E-state index in [1.54, 1.807) is 31.0 Å². The van der Waals surface area contributed by atoms with E-state index in [0.29, 0.717) is 23.1 Å². The first-order valence-corrected chi connectivity index (χ1v) is 10.5. The molecule has 0 unspecified atom stereocenters. The summed E-state index contributed by atoms with van der Waals surface area (Å²) in [6, 6.07) is 15.3. The smallest absolute Gasteiger partial charge is 0.249 e. The second-order valence-corrected chi connectivity index (χ2v) is 7.78. The Balaban J connectivity index is 1.63. The minimum atomic E-state index is -0.289. The molecule has 4 rings (SSSR count). The number of aryl methyl sites for hydroxylation is 3. The summed E-state index contributed by atoms with van der Waals surface area (Å²) in [5, 5.41) is 8.57. The van der Waals surface area contributed by atoms with Crippen molar-refractivity contribution < 1.29 is 14.3 Å². The van der Waals surface area contributed by atoms with Gasteiger partial charge < -0.3 is 14.8 Å². The number of carbonyl (C=O) groups excluding carboxylic acids is 1. The Bertz CT molecular complexity index is 1370. The van der Waals surface area contributed by atoms with Gasteiger partial charge in [-0.15, -0.1) is 0 Å². The molecule has 0 saturated heterocycles. The van der Waals surface area contributed by atoms with Crippen LogP contribution in [0.25, 0.3) is 22.8 Å². The number of benzene rings is 2. The van der Waals surface area contributed by atoms with Crippen LogP contribution in [0.3, 0.4) is 0 Å². The summed E-state index contributed by atoms with van der Waals surface area (Å²) in [5.41, 5.74) is 4.64. The maximum absolute atomic E-state index is 12.7. The highest BCUT2D eigenvalue weighted by atomic mass is 16.5. The lowest BCUT2D eigenvalue weighted by Gasteiger charge is -2.11. The number of amides is 1. The molecule has 0 aliphatic heterocycles. The number of pyridine rings is 1. The van der Waals surface area contributed by atoms with Gasteiger partial charge in [0.05, 0.1) is 25.4 Å². The molecule has 0 fully saturated rings. The minimum Gasteiger partial charge on any atom is -0.497 e. The Labute approximate surface area is 192 Å². The molecule has 4 aromatic rings. The van der Waals surface area contributed by atoms with Crippen molar-refractivity contribution in [2.45, 2.75) is 20.8 Å². The molecule has 1 N–H and O–H groups in total. The van der Waals surface area contributed by atoms with Crippen LogP contribution in [0.15, 0.2) is 54.6 Å². The van der Waals surface area contributed by atoms with E-state index in [4.69, 9.17) is 14.5 Å². The fourth-order valence-corrected chi connectivity index (χ4v) is 3.70. The van der Waals surface area contributed by atoms with Gasteiger partial charge in [-0.05, 0) is 56.2 Å². The van der Waals surface area contributed by atoms with Crippen LogP contribution in [0, 0.1) is 20.8 Å². The Morgan fingerprint density at radius 2 is 1.82 bits per heavy atom. The molecule has 0 aliphatic rings. The molecule has 0 radical (unpaired) electrons. The molecule has 0 aliphatic carbocycles. The zero-order valence-electron chi connectivity index (χ0n) is 19.3. The molecule has 7 nitrogen and oxygen atoms in total. The van der Waals surface area contributed by atoms with Gasteiger partial charge in [0.15, 0.2) is 5.82 Å². The van der Waals surface area contributed by atoms with Crippen molar-refractivity contribution in [3.8, 4) is 17.3 Å². The topological polar surface area (TPSA) is 78.3 Å². The van der Waals surface area contributed by atoms with Gasteiger partial charge in [-0.3, -0.25) is 4.79 Å². The first-order chi connectivity index (χ1) is 15.9. The van der Waals surface area contributed by atoms with Gasteiger partial charge in [-0.2, -0.15) is 9.78 Å². The lowest BCUT2D eigenvalue weighted by molar-refractivity contribution is -0.111.